The summed E-state index contributed by atoms with van der Waals surface area (Å²) in [5.74, 6) is 0.926. The van der Waals surface area contributed by atoms with Crippen LogP contribution in [0.4, 0.5) is 0 Å². The summed E-state index contributed by atoms with van der Waals surface area (Å²) in [5, 5.41) is 0. The highest BCUT2D eigenvalue weighted by Gasteiger charge is 2.20. The van der Waals surface area contributed by atoms with Crippen LogP contribution in [-0.2, 0) is 14.2 Å². The maximum absolute atomic E-state index is 5.19. The van der Waals surface area contributed by atoms with Gasteiger partial charge >= 0.3 is 0 Å². The lowest BCUT2D eigenvalue weighted by atomic mass is 9.98. The molecule has 30 heavy (non-hydrogen) atoms. The minimum Gasteiger partial charge on any atom is -0.384 e. The van der Waals surface area contributed by atoms with Crippen molar-refractivity contribution in [3.63, 3.8) is 0 Å². The lowest BCUT2D eigenvalue weighted by Crippen LogP contribution is -2.32. The Morgan fingerprint density at radius 2 is 1.37 bits per heavy atom. The zero-order valence-corrected chi connectivity index (χ0v) is 20.0. The molecule has 2 saturated carbocycles. The van der Waals surface area contributed by atoms with E-state index in [2.05, 4.69) is 23.8 Å². The van der Waals surface area contributed by atoms with Crippen molar-refractivity contribution in [2.45, 2.75) is 84.7 Å². The molecule has 0 amide bonds. The molecular formula is C25H54N2O3. The van der Waals surface area contributed by atoms with Gasteiger partial charge in [-0.15, -0.1) is 0 Å². The number of nitrogens with zero attached hydrogens (tertiary/aromatic N) is 2. The Morgan fingerprint density at radius 1 is 0.800 bits per heavy atom. The maximum atomic E-state index is 5.19. The molecule has 0 aromatic carbocycles. The van der Waals surface area contributed by atoms with Crippen molar-refractivity contribution in [1.29, 1.82) is 0 Å². The Balaban J connectivity index is 0.000000372. The molecule has 0 atom stereocenters. The van der Waals surface area contributed by atoms with Crippen LogP contribution in [0.5, 0.6) is 0 Å². The maximum Gasteiger partial charge on any atom is 0.0594 e. The molecule has 4 aliphatic rings. The minimum atomic E-state index is 0. The van der Waals surface area contributed by atoms with Gasteiger partial charge in [-0.3, -0.25) is 0 Å². The third-order valence-electron chi connectivity index (χ3n) is 6.12. The van der Waals surface area contributed by atoms with Crippen LogP contribution in [-0.4, -0.2) is 89.7 Å². The van der Waals surface area contributed by atoms with Crippen molar-refractivity contribution in [1.82, 2.24) is 9.80 Å². The van der Waals surface area contributed by atoms with E-state index in [4.69, 9.17) is 14.2 Å². The van der Waals surface area contributed by atoms with Crippen LogP contribution < -0.4 is 0 Å². The van der Waals surface area contributed by atoms with Crippen molar-refractivity contribution >= 4 is 0 Å². The van der Waals surface area contributed by atoms with Crippen LogP contribution in [0.2, 0.25) is 0 Å². The van der Waals surface area contributed by atoms with Gasteiger partial charge in [-0.05, 0) is 71.1 Å². The summed E-state index contributed by atoms with van der Waals surface area (Å²) in [6, 6.07) is 0. The standard InChI is InChI=1S/C7H15N.C7H14O.C5H11NO.C5H10O.CH4/c1-2-8-6-4-3-5-7-8;1-8-7-5-3-2-4-6-7;1-6-2-4-7-5-3-6;1-6-4-5-2-3-5;/h2-7H2,1H3;7H,2-6H2,1H3;2-5H2,1H3;5H,2-4H2,1H3;1H4. The topological polar surface area (TPSA) is 34.2 Å². The molecule has 2 heterocycles. The van der Waals surface area contributed by atoms with Crippen LogP contribution in [0.1, 0.15) is 78.6 Å². The van der Waals surface area contributed by atoms with Crippen molar-refractivity contribution in [3.8, 4) is 0 Å². The molecule has 0 spiro atoms. The first kappa shape index (κ1) is 29.8. The molecule has 5 nitrogen and oxygen atoms in total. The van der Waals surface area contributed by atoms with Crippen LogP contribution in [0, 0.1) is 5.92 Å². The number of piperidine rings is 1. The summed E-state index contributed by atoms with van der Waals surface area (Å²) in [6.07, 6.45) is 14.4. The average molecular weight is 431 g/mol. The zero-order valence-electron chi connectivity index (χ0n) is 20.0. The third kappa shape index (κ3) is 17.5. The number of hydrogen-bond donors (Lipinski definition) is 0. The van der Waals surface area contributed by atoms with Gasteiger partial charge in [0.2, 0.25) is 0 Å². The number of likely N-dealkylation sites (tertiary alicyclic amines) is 1. The average Bonchev–Trinajstić information content (AvgIpc) is 3.61. The van der Waals surface area contributed by atoms with Gasteiger partial charge in [-0.1, -0.05) is 40.0 Å². The summed E-state index contributed by atoms with van der Waals surface area (Å²) in [4.78, 5) is 4.78. The lowest BCUT2D eigenvalue weighted by molar-refractivity contribution is 0.0503. The predicted molar refractivity (Wildman–Crippen MR) is 129 cm³/mol. The lowest BCUT2D eigenvalue weighted by Gasteiger charge is -2.24. The highest BCUT2D eigenvalue weighted by molar-refractivity contribution is 4.71. The molecule has 2 aliphatic heterocycles. The smallest absolute Gasteiger partial charge is 0.0594 e. The van der Waals surface area contributed by atoms with Gasteiger partial charge in [0.15, 0.2) is 0 Å². The first-order chi connectivity index (χ1) is 14.2. The molecule has 0 unspecified atom stereocenters. The number of hydrogen-bond acceptors (Lipinski definition) is 5. The molecule has 0 aromatic rings. The Labute approximate surface area is 188 Å². The van der Waals surface area contributed by atoms with Gasteiger partial charge in [-0.25, -0.2) is 0 Å². The second-order valence-electron chi connectivity index (χ2n) is 8.81. The predicted octanol–water partition coefficient (Wildman–Crippen LogP) is 5.09. The van der Waals surface area contributed by atoms with Gasteiger partial charge in [-0.2, -0.15) is 0 Å². The number of likely N-dealkylation sites (N-methyl/N-ethyl adjacent to an activating group) is 1. The zero-order chi connectivity index (χ0) is 21.2. The fourth-order valence-corrected chi connectivity index (χ4v) is 3.75. The fourth-order valence-electron chi connectivity index (χ4n) is 3.75. The molecule has 5 heteroatoms. The van der Waals surface area contributed by atoms with Gasteiger partial charge in [0, 0.05) is 33.9 Å². The summed E-state index contributed by atoms with van der Waals surface area (Å²) in [6.45, 7) is 11.2. The SMILES string of the molecule is C.CCN1CCCCC1.CN1CCOCC1.COC1CCCCC1.COCC1CC1. The Morgan fingerprint density at radius 3 is 1.67 bits per heavy atom. The summed E-state index contributed by atoms with van der Waals surface area (Å²) in [7, 11) is 5.69. The largest absolute Gasteiger partial charge is 0.384 e. The summed E-state index contributed by atoms with van der Waals surface area (Å²) < 4.78 is 15.2. The van der Waals surface area contributed by atoms with Crippen molar-refractivity contribution in [2.24, 2.45) is 5.92 Å². The van der Waals surface area contributed by atoms with E-state index < -0.39 is 0 Å². The van der Waals surface area contributed by atoms with Crippen LogP contribution in [0.25, 0.3) is 0 Å². The Hall–Kier alpha value is -0.200. The van der Waals surface area contributed by atoms with Crippen molar-refractivity contribution in [3.05, 3.63) is 0 Å². The van der Waals surface area contributed by atoms with E-state index in [0.29, 0.717) is 6.10 Å². The normalized spacial score (nSPS) is 22.8. The molecule has 2 aliphatic carbocycles. The first-order valence-electron chi connectivity index (χ1n) is 12.2. The van der Waals surface area contributed by atoms with Crippen LogP contribution >= 0.6 is 0 Å². The van der Waals surface area contributed by atoms with E-state index in [0.717, 1.165) is 38.8 Å². The van der Waals surface area contributed by atoms with E-state index in [1.807, 2.05) is 7.11 Å². The molecule has 0 N–H and O–H groups in total. The Kier molecular flexibility index (Phi) is 20.6. The fraction of sp³-hybridized carbons (Fsp3) is 1.00. The monoisotopic (exact) mass is 430 g/mol. The van der Waals surface area contributed by atoms with Gasteiger partial charge in [0.05, 0.1) is 19.3 Å². The molecule has 0 radical (unpaired) electrons. The number of methoxy groups -OCH3 is 2. The van der Waals surface area contributed by atoms with E-state index >= 15 is 0 Å². The molecule has 2 saturated heterocycles. The minimum absolute atomic E-state index is 0. The number of rotatable bonds is 4. The van der Waals surface area contributed by atoms with Gasteiger partial charge in [0.25, 0.3) is 0 Å². The van der Waals surface area contributed by atoms with Crippen LogP contribution in [0.15, 0.2) is 0 Å². The van der Waals surface area contributed by atoms with Crippen LogP contribution in [0.3, 0.4) is 0 Å². The third-order valence-corrected chi connectivity index (χ3v) is 6.12. The van der Waals surface area contributed by atoms with Crippen molar-refractivity contribution in [2.75, 3.05) is 73.8 Å². The second-order valence-corrected chi connectivity index (χ2v) is 8.81. The van der Waals surface area contributed by atoms with Gasteiger partial charge in [0.1, 0.15) is 0 Å². The molecule has 0 bridgehead atoms. The highest BCUT2D eigenvalue weighted by atomic mass is 16.5. The highest BCUT2D eigenvalue weighted by Crippen LogP contribution is 2.28. The molecule has 4 rings (SSSR count). The van der Waals surface area contributed by atoms with Gasteiger partial charge < -0.3 is 24.0 Å². The first-order valence-corrected chi connectivity index (χ1v) is 12.2. The Bertz CT molecular complexity index is 317. The second kappa shape index (κ2) is 20.7. The summed E-state index contributed by atoms with van der Waals surface area (Å²) >= 11 is 0. The van der Waals surface area contributed by atoms with Crippen molar-refractivity contribution < 1.29 is 14.2 Å². The van der Waals surface area contributed by atoms with E-state index in [1.165, 1.54) is 83.8 Å². The van der Waals surface area contributed by atoms with E-state index in [1.54, 1.807) is 7.11 Å². The number of ether oxygens (including phenoxy) is 3. The number of morpholine rings is 1. The molecular weight excluding hydrogens is 376 g/mol. The molecule has 0 aromatic heterocycles. The quantitative estimate of drug-likeness (QED) is 0.621. The van der Waals surface area contributed by atoms with E-state index in [-0.39, 0.29) is 7.43 Å². The van der Waals surface area contributed by atoms with E-state index in [9.17, 15) is 0 Å². The molecule has 4 fully saturated rings. The molecule has 182 valence electrons. The summed E-state index contributed by atoms with van der Waals surface area (Å²) in [5.41, 5.74) is 0.